The van der Waals surface area contributed by atoms with Crippen molar-refractivity contribution >= 4 is 17.5 Å². The first-order valence-corrected chi connectivity index (χ1v) is 7.36. The van der Waals surface area contributed by atoms with E-state index in [4.69, 9.17) is 0 Å². The Morgan fingerprint density at radius 3 is 2.35 bits per heavy atom. The van der Waals surface area contributed by atoms with E-state index in [-0.39, 0.29) is 30.6 Å². The lowest BCUT2D eigenvalue weighted by molar-refractivity contribution is -0.116. The first kappa shape index (κ1) is 16.7. The van der Waals surface area contributed by atoms with Crippen molar-refractivity contribution < 1.29 is 14.0 Å². The molecule has 4 nitrogen and oxygen atoms in total. The summed E-state index contributed by atoms with van der Waals surface area (Å²) in [7, 11) is 0. The summed E-state index contributed by atoms with van der Waals surface area (Å²) in [5, 5.41) is 2.74. The van der Waals surface area contributed by atoms with Gasteiger partial charge in [0.25, 0.3) is 5.91 Å². The largest absolute Gasteiger partial charge is 0.350 e. The highest BCUT2D eigenvalue weighted by atomic mass is 19.1. The Morgan fingerprint density at radius 1 is 1.09 bits per heavy atom. The van der Waals surface area contributed by atoms with Gasteiger partial charge in [-0.3, -0.25) is 9.59 Å². The van der Waals surface area contributed by atoms with Gasteiger partial charge in [0, 0.05) is 25.6 Å². The molecule has 2 rings (SSSR count). The second-order valence-corrected chi connectivity index (χ2v) is 5.24. The van der Waals surface area contributed by atoms with Crippen LogP contribution in [-0.2, 0) is 4.79 Å². The summed E-state index contributed by atoms with van der Waals surface area (Å²) in [5.74, 6) is -0.964. The third kappa shape index (κ3) is 4.39. The number of carbonyl (C=O) groups excluding carboxylic acids is 2. The Kier molecular flexibility index (Phi) is 5.46. The molecule has 0 fully saturated rings. The van der Waals surface area contributed by atoms with Crippen LogP contribution in [0.3, 0.4) is 0 Å². The van der Waals surface area contributed by atoms with Crippen LogP contribution in [0.5, 0.6) is 0 Å². The van der Waals surface area contributed by atoms with Gasteiger partial charge in [0.15, 0.2) is 0 Å². The molecule has 0 saturated carbocycles. The molecule has 5 heteroatoms. The predicted molar refractivity (Wildman–Crippen MR) is 87.9 cm³/mol. The molecular formula is C18H19FN2O2. The maximum Gasteiger partial charge on any atom is 0.251 e. The number of benzene rings is 2. The number of halogens is 1. The first-order chi connectivity index (χ1) is 11.0. The van der Waals surface area contributed by atoms with E-state index in [9.17, 15) is 14.0 Å². The minimum Gasteiger partial charge on any atom is -0.350 e. The zero-order chi connectivity index (χ0) is 16.8. The van der Waals surface area contributed by atoms with E-state index < -0.39 is 5.82 Å². The molecule has 0 saturated heterocycles. The fraction of sp³-hybridized carbons (Fsp3) is 0.222. The van der Waals surface area contributed by atoms with Crippen molar-refractivity contribution in [3.8, 4) is 0 Å². The van der Waals surface area contributed by atoms with E-state index in [1.807, 2.05) is 19.1 Å². The number of hydrogen-bond donors (Lipinski definition) is 1. The van der Waals surface area contributed by atoms with Crippen LogP contribution in [0, 0.1) is 12.7 Å². The third-order valence-electron chi connectivity index (χ3n) is 3.46. The number of nitrogens with one attached hydrogen (secondary N) is 1. The normalized spacial score (nSPS) is 10.2. The molecule has 2 aromatic rings. The van der Waals surface area contributed by atoms with E-state index in [1.165, 1.54) is 17.9 Å². The Balaban J connectivity index is 1.97. The first-order valence-electron chi connectivity index (χ1n) is 7.36. The summed E-state index contributed by atoms with van der Waals surface area (Å²) in [5.41, 5.74) is 1.84. The summed E-state index contributed by atoms with van der Waals surface area (Å²) in [4.78, 5) is 25.1. The number of anilines is 1. The van der Waals surface area contributed by atoms with Crippen LogP contribution < -0.4 is 10.2 Å². The molecule has 0 radical (unpaired) electrons. The summed E-state index contributed by atoms with van der Waals surface area (Å²) in [6, 6.07) is 13.3. The van der Waals surface area contributed by atoms with Crippen LogP contribution in [0.4, 0.5) is 10.1 Å². The van der Waals surface area contributed by atoms with Crippen molar-refractivity contribution in [1.29, 1.82) is 0 Å². The van der Waals surface area contributed by atoms with Gasteiger partial charge in [-0.25, -0.2) is 4.39 Å². The molecule has 120 valence electrons. The van der Waals surface area contributed by atoms with E-state index >= 15 is 0 Å². The highest BCUT2D eigenvalue weighted by Crippen LogP contribution is 2.18. The molecule has 0 aliphatic carbocycles. The zero-order valence-electron chi connectivity index (χ0n) is 13.2. The van der Waals surface area contributed by atoms with Crippen molar-refractivity contribution in [3.05, 3.63) is 65.5 Å². The molecule has 2 aromatic carbocycles. The zero-order valence-corrected chi connectivity index (χ0v) is 13.2. The molecule has 0 aliphatic rings. The highest BCUT2D eigenvalue weighted by Gasteiger charge is 2.15. The lowest BCUT2D eigenvalue weighted by Crippen LogP contribution is -2.38. The smallest absolute Gasteiger partial charge is 0.251 e. The number of aryl methyl sites for hydroxylation is 1. The van der Waals surface area contributed by atoms with E-state index in [0.29, 0.717) is 5.56 Å². The van der Waals surface area contributed by atoms with Gasteiger partial charge in [-0.15, -0.1) is 0 Å². The standard InChI is InChI=1S/C18H19FN2O2/c1-13-7-9-15(10-8-13)18(23)20-11-12-21(14(2)22)17-6-4-3-5-16(17)19/h3-10H,11-12H2,1-2H3,(H,20,23). The van der Waals surface area contributed by atoms with Crippen molar-refractivity contribution in [2.45, 2.75) is 13.8 Å². The minimum atomic E-state index is -0.465. The monoisotopic (exact) mass is 314 g/mol. The quantitative estimate of drug-likeness (QED) is 0.922. The van der Waals surface area contributed by atoms with Crippen LogP contribution >= 0.6 is 0 Å². The van der Waals surface area contributed by atoms with Crippen molar-refractivity contribution in [3.63, 3.8) is 0 Å². The number of amides is 2. The number of carbonyl (C=O) groups is 2. The van der Waals surface area contributed by atoms with E-state index in [2.05, 4.69) is 5.32 Å². The molecule has 0 aromatic heterocycles. The molecule has 1 N–H and O–H groups in total. The van der Waals surface area contributed by atoms with E-state index in [0.717, 1.165) is 5.56 Å². The van der Waals surface area contributed by atoms with Crippen LogP contribution in [0.15, 0.2) is 48.5 Å². The number of hydrogen-bond acceptors (Lipinski definition) is 2. The SMILES string of the molecule is CC(=O)N(CCNC(=O)c1ccc(C)cc1)c1ccccc1F. The van der Waals surface area contributed by atoms with Crippen LogP contribution in [0.2, 0.25) is 0 Å². The molecule has 0 spiro atoms. The third-order valence-corrected chi connectivity index (χ3v) is 3.46. The maximum absolute atomic E-state index is 13.8. The average molecular weight is 314 g/mol. The molecule has 0 bridgehead atoms. The van der Waals surface area contributed by atoms with Gasteiger partial charge in [0.05, 0.1) is 5.69 Å². The number of nitrogens with zero attached hydrogens (tertiary/aromatic N) is 1. The predicted octanol–water partition coefficient (Wildman–Crippen LogP) is 2.92. The van der Waals surface area contributed by atoms with Crippen LogP contribution in [-0.4, -0.2) is 24.9 Å². The van der Waals surface area contributed by atoms with Crippen molar-refractivity contribution in [1.82, 2.24) is 5.32 Å². The fourth-order valence-corrected chi connectivity index (χ4v) is 2.21. The van der Waals surface area contributed by atoms with Gasteiger partial charge in [0.2, 0.25) is 5.91 Å². The number of rotatable bonds is 5. The van der Waals surface area contributed by atoms with Crippen LogP contribution in [0.25, 0.3) is 0 Å². The second kappa shape index (κ2) is 7.54. The van der Waals surface area contributed by atoms with Gasteiger partial charge >= 0.3 is 0 Å². The fourth-order valence-electron chi connectivity index (χ4n) is 2.21. The Bertz CT molecular complexity index is 698. The molecule has 23 heavy (non-hydrogen) atoms. The van der Waals surface area contributed by atoms with E-state index in [1.54, 1.807) is 30.3 Å². The van der Waals surface area contributed by atoms with Crippen molar-refractivity contribution in [2.75, 3.05) is 18.0 Å². The second-order valence-electron chi connectivity index (χ2n) is 5.24. The molecule has 0 aliphatic heterocycles. The maximum atomic E-state index is 13.8. The van der Waals surface area contributed by atoms with Gasteiger partial charge in [-0.05, 0) is 31.2 Å². The highest BCUT2D eigenvalue weighted by molar-refractivity contribution is 5.94. The lowest BCUT2D eigenvalue weighted by Gasteiger charge is -2.21. The molecule has 2 amide bonds. The Morgan fingerprint density at radius 2 is 1.74 bits per heavy atom. The summed E-state index contributed by atoms with van der Waals surface area (Å²) in [6.07, 6.45) is 0. The Hall–Kier alpha value is -2.69. The summed E-state index contributed by atoms with van der Waals surface area (Å²) < 4.78 is 13.8. The Labute approximate surface area is 134 Å². The topological polar surface area (TPSA) is 49.4 Å². The minimum absolute atomic E-state index is 0.202. The lowest BCUT2D eigenvalue weighted by atomic mass is 10.1. The van der Waals surface area contributed by atoms with Gasteiger partial charge in [0.1, 0.15) is 5.82 Å². The molecule has 0 heterocycles. The van der Waals surface area contributed by atoms with Crippen molar-refractivity contribution in [2.24, 2.45) is 0 Å². The number of para-hydroxylation sites is 1. The van der Waals surface area contributed by atoms with Gasteiger partial charge in [-0.1, -0.05) is 29.8 Å². The van der Waals surface area contributed by atoms with Gasteiger partial charge < -0.3 is 10.2 Å². The summed E-state index contributed by atoms with van der Waals surface area (Å²) >= 11 is 0. The van der Waals surface area contributed by atoms with Crippen LogP contribution in [0.1, 0.15) is 22.8 Å². The van der Waals surface area contributed by atoms with Gasteiger partial charge in [-0.2, -0.15) is 0 Å². The summed E-state index contributed by atoms with van der Waals surface area (Å²) in [6.45, 7) is 3.75. The molecular weight excluding hydrogens is 295 g/mol. The molecule has 0 atom stereocenters. The molecule has 0 unspecified atom stereocenters. The average Bonchev–Trinajstić information content (AvgIpc) is 2.53.